The van der Waals surface area contributed by atoms with E-state index in [2.05, 4.69) is 21.7 Å². The highest BCUT2D eigenvalue weighted by molar-refractivity contribution is 5.94. The van der Waals surface area contributed by atoms with Gasteiger partial charge in [-0.15, -0.1) is 0 Å². The number of rotatable bonds is 5. The van der Waals surface area contributed by atoms with Gasteiger partial charge in [-0.1, -0.05) is 0 Å². The predicted octanol–water partition coefficient (Wildman–Crippen LogP) is 2.33. The van der Waals surface area contributed by atoms with Crippen molar-refractivity contribution < 1.29 is 9.53 Å². The third kappa shape index (κ3) is 4.73. The smallest absolute Gasteiger partial charge is 0.254 e. The summed E-state index contributed by atoms with van der Waals surface area (Å²) in [5.41, 5.74) is 0.771. The minimum atomic E-state index is 0.172. The molecule has 5 nitrogen and oxygen atoms in total. The van der Waals surface area contributed by atoms with Gasteiger partial charge in [-0.3, -0.25) is 4.79 Å². The third-order valence-electron chi connectivity index (χ3n) is 5.60. The molecule has 1 amide bonds. The molecule has 0 N–H and O–H groups in total. The topological polar surface area (TPSA) is 36.0 Å². The van der Waals surface area contributed by atoms with Crippen LogP contribution in [0.4, 0.5) is 0 Å². The number of hydrogen-bond acceptors (Lipinski definition) is 4. The van der Waals surface area contributed by atoms with Gasteiger partial charge < -0.3 is 19.4 Å². The number of hydrogen-bond donors (Lipinski definition) is 0. The summed E-state index contributed by atoms with van der Waals surface area (Å²) in [5, 5.41) is 0. The number of carbonyl (C=O) groups excluding carboxylic acids is 1. The van der Waals surface area contributed by atoms with Crippen LogP contribution in [-0.4, -0.2) is 80.1 Å². The van der Waals surface area contributed by atoms with Crippen molar-refractivity contribution in [2.75, 3.05) is 53.4 Å². The van der Waals surface area contributed by atoms with Gasteiger partial charge in [-0.2, -0.15) is 0 Å². The van der Waals surface area contributed by atoms with Crippen LogP contribution in [0.25, 0.3) is 0 Å². The van der Waals surface area contributed by atoms with E-state index in [-0.39, 0.29) is 5.91 Å². The van der Waals surface area contributed by atoms with Crippen molar-refractivity contribution in [2.24, 2.45) is 0 Å². The van der Waals surface area contributed by atoms with Gasteiger partial charge in [0.05, 0.1) is 7.11 Å². The molecule has 2 aliphatic heterocycles. The van der Waals surface area contributed by atoms with Crippen LogP contribution in [0.2, 0.25) is 0 Å². The largest absolute Gasteiger partial charge is 0.497 e. The Morgan fingerprint density at radius 3 is 2.48 bits per heavy atom. The summed E-state index contributed by atoms with van der Waals surface area (Å²) >= 11 is 0. The molecule has 0 saturated carbocycles. The second-order valence-corrected chi connectivity index (χ2v) is 7.31. The van der Waals surface area contributed by atoms with Crippen molar-refractivity contribution in [1.82, 2.24) is 14.7 Å². The Morgan fingerprint density at radius 2 is 1.80 bits per heavy atom. The van der Waals surface area contributed by atoms with E-state index >= 15 is 0 Å². The number of carbonyl (C=O) groups is 1. The zero-order chi connectivity index (χ0) is 17.6. The monoisotopic (exact) mass is 345 g/mol. The van der Waals surface area contributed by atoms with Gasteiger partial charge >= 0.3 is 0 Å². The highest BCUT2D eigenvalue weighted by atomic mass is 16.5. The summed E-state index contributed by atoms with van der Waals surface area (Å²) in [5.74, 6) is 0.965. The molecule has 0 radical (unpaired) electrons. The molecule has 2 aliphatic rings. The molecule has 0 aliphatic carbocycles. The van der Waals surface area contributed by atoms with Crippen LogP contribution in [0.5, 0.6) is 5.75 Å². The van der Waals surface area contributed by atoms with E-state index in [1.165, 1.54) is 6.42 Å². The van der Waals surface area contributed by atoms with E-state index in [1.807, 2.05) is 24.3 Å². The van der Waals surface area contributed by atoms with Crippen molar-refractivity contribution in [1.29, 1.82) is 0 Å². The fourth-order valence-corrected chi connectivity index (χ4v) is 3.87. The first-order chi connectivity index (χ1) is 12.2. The third-order valence-corrected chi connectivity index (χ3v) is 5.60. The lowest BCUT2D eigenvalue weighted by molar-refractivity contribution is 0.0570. The fraction of sp³-hybridized carbons (Fsp3) is 0.650. The first-order valence-electron chi connectivity index (χ1n) is 9.53. The van der Waals surface area contributed by atoms with Gasteiger partial charge in [0.2, 0.25) is 0 Å². The average molecular weight is 345 g/mol. The summed E-state index contributed by atoms with van der Waals surface area (Å²) in [6.07, 6.45) is 4.58. The summed E-state index contributed by atoms with van der Waals surface area (Å²) in [6, 6.07) is 7.89. The summed E-state index contributed by atoms with van der Waals surface area (Å²) in [4.78, 5) is 20.0. The summed E-state index contributed by atoms with van der Waals surface area (Å²) in [7, 11) is 3.84. The molecule has 3 rings (SSSR count). The number of methoxy groups -OCH3 is 1. The van der Waals surface area contributed by atoms with Gasteiger partial charge in [0.15, 0.2) is 0 Å². The van der Waals surface area contributed by atoms with Crippen LogP contribution < -0.4 is 4.74 Å². The Hall–Kier alpha value is -1.59. The Labute approximate surface area is 151 Å². The molecule has 1 aromatic carbocycles. The van der Waals surface area contributed by atoms with E-state index in [9.17, 15) is 4.79 Å². The van der Waals surface area contributed by atoms with Gasteiger partial charge in [0, 0.05) is 50.9 Å². The standard InChI is InChI=1S/C20H31N3O2/c1-21-13-15-22(16-14-21)12-10-18-5-3-4-11-23(18)20(24)17-6-8-19(25-2)9-7-17/h6-9,18H,3-5,10-16H2,1-2H3/t18-/m0/s1. The minimum Gasteiger partial charge on any atom is -0.497 e. The Kier molecular flexibility index (Phi) is 6.32. The molecule has 1 atom stereocenters. The van der Waals surface area contributed by atoms with E-state index < -0.39 is 0 Å². The van der Waals surface area contributed by atoms with Crippen LogP contribution >= 0.6 is 0 Å². The normalized spacial score (nSPS) is 22.8. The first kappa shape index (κ1) is 18.2. The molecular formula is C20H31N3O2. The van der Waals surface area contributed by atoms with Crippen LogP contribution in [-0.2, 0) is 0 Å². The number of nitrogens with zero attached hydrogens (tertiary/aromatic N) is 3. The lowest BCUT2D eigenvalue weighted by Gasteiger charge is -2.38. The average Bonchev–Trinajstić information content (AvgIpc) is 2.67. The van der Waals surface area contributed by atoms with Crippen molar-refractivity contribution in [2.45, 2.75) is 31.7 Å². The Morgan fingerprint density at radius 1 is 1.08 bits per heavy atom. The quantitative estimate of drug-likeness (QED) is 0.821. The Balaban J connectivity index is 1.58. The molecule has 5 heteroatoms. The van der Waals surface area contributed by atoms with E-state index in [0.717, 1.165) is 69.8 Å². The molecule has 0 bridgehead atoms. The highest BCUT2D eigenvalue weighted by Gasteiger charge is 2.28. The van der Waals surface area contributed by atoms with Crippen molar-refractivity contribution in [3.8, 4) is 5.75 Å². The molecule has 1 aromatic rings. The van der Waals surface area contributed by atoms with E-state index in [1.54, 1.807) is 7.11 Å². The second-order valence-electron chi connectivity index (χ2n) is 7.31. The zero-order valence-corrected chi connectivity index (χ0v) is 15.6. The lowest BCUT2D eigenvalue weighted by atomic mass is 9.97. The number of amides is 1. The van der Waals surface area contributed by atoms with Gasteiger partial charge in [0.1, 0.15) is 5.75 Å². The van der Waals surface area contributed by atoms with E-state index in [4.69, 9.17) is 4.74 Å². The number of piperidine rings is 1. The number of likely N-dealkylation sites (N-methyl/N-ethyl adjacent to an activating group) is 1. The summed E-state index contributed by atoms with van der Waals surface area (Å²) < 4.78 is 5.19. The molecule has 0 unspecified atom stereocenters. The lowest BCUT2D eigenvalue weighted by Crippen LogP contribution is -2.48. The maximum absolute atomic E-state index is 13.0. The van der Waals surface area contributed by atoms with Gasteiger partial charge in [-0.25, -0.2) is 0 Å². The maximum Gasteiger partial charge on any atom is 0.254 e. The molecule has 138 valence electrons. The number of benzene rings is 1. The predicted molar refractivity (Wildman–Crippen MR) is 100 cm³/mol. The fourth-order valence-electron chi connectivity index (χ4n) is 3.87. The van der Waals surface area contributed by atoms with Gasteiger partial charge in [-0.05, 0) is 57.0 Å². The molecule has 0 aromatic heterocycles. The molecule has 2 heterocycles. The molecule has 2 fully saturated rings. The SMILES string of the molecule is COc1ccc(C(=O)N2CCCC[C@H]2CCN2CCN(C)CC2)cc1. The Bertz CT molecular complexity index is 553. The van der Waals surface area contributed by atoms with Crippen LogP contribution in [0.15, 0.2) is 24.3 Å². The number of likely N-dealkylation sites (tertiary alicyclic amines) is 1. The summed E-state index contributed by atoms with van der Waals surface area (Å²) in [6.45, 7) is 6.59. The van der Waals surface area contributed by atoms with Crippen molar-refractivity contribution >= 4 is 5.91 Å². The maximum atomic E-state index is 13.0. The highest BCUT2D eigenvalue weighted by Crippen LogP contribution is 2.23. The minimum absolute atomic E-state index is 0.172. The van der Waals surface area contributed by atoms with Crippen molar-refractivity contribution in [3.63, 3.8) is 0 Å². The molecule has 0 spiro atoms. The van der Waals surface area contributed by atoms with Crippen LogP contribution in [0, 0.1) is 0 Å². The molecule has 25 heavy (non-hydrogen) atoms. The van der Waals surface area contributed by atoms with Crippen LogP contribution in [0.3, 0.4) is 0 Å². The number of ether oxygens (including phenoxy) is 1. The van der Waals surface area contributed by atoms with Crippen molar-refractivity contribution in [3.05, 3.63) is 29.8 Å². The zero-order valence-electron chi connectivity index (χ0n) is 15.6. The van der Waals surface area contributed by atoms with Crippen LogP contribution in [0.1, 0.15) is 36.0 Å². The van der Waals surface area contributed by atoms with Gasteiger partial charge in [0.25, 0.3) is 5.91 Å². The van der Waals surface area contributed by atoms with E-state index in [0.29, 0.717) is 6.04 Å². The molecule has 2 saturated heterocycles. The number of piperazine rings is 1. The first-order valence-corrected chi connectivity index (χ1v) is 9.53. The second kappa shape index (κ2) is 8.68. The molecular weight excluding hydrogens is 314 g/mol.